The molecule has 1 aliphatic rings. The average molecular weight is 289 g/mol. The lowest BCUT2D eigenvalue weighted by Gasteiger charge is -2.39. The summed E-state index contributed by atoms with van der Waals surface area (Å²) in [4.78, 5) is 15.1. The van der Waals surface area contributed by atoms with Crippen molar-refractivity contribution in [3.63, 3.8) is 0 Å². The van der Waals surface area contributed by atoms with Crippen LogP contribution < -0.4 is 0 Å². The Bertz CT molecular complexity index is 512. The summed E-state index contributed by atoms with van der Waals surface area (Å²) < 4.78 is 5.56. The predicted octanol–water partition coefficient (Wildman–Crippen LogP) is 3.23. The highest BCUT2D eigenvalue weighted by molar-refractivity contribution is 6.01. The Labute approximate surface area is 128 Å². The maximum atomic E-state index is 12.8. The third-order valence-electron chi connectivity index (χ3n) is 4.81. The van der Waals surface area contributed by atoms with Gasteiger partial charge in [-0.05, 0) is 51.3 Å². The molecule has 1 heterocycles. The van der Waals surface area contributed by atoms with Gasteiger partial charge in [0.05, 0.1) is 12.1 Å². The third-order valence-corrected chi connectivity index (χ3v) is 4.81. The van der Waals surface area contributed by atoms with Crippen molar-refractivity contribution < 1.29 is 9.53 Å². The summed E-state index contributed by atoms with van der Waals surface area (Å²) in [6, 6.07) is 6.01. The molecule has 1 aromatic carbocycles. The van der Waals surface area contributed by atoms with Gasteiger partial charge in [0, 0.05) is 19.2 Å². The zero-order valence-corrected chi connectivity index (χ0v) is 13.8. The molecule has 0 N–H and O–H groups in total. The van der Waals surface area contributed by atoms with Crippen LogP contribution >= 0.6 is 0 Å². The van der Waals surface area contributed by atoms with Crippen LogP contribution in [0.1, 0.15) is 41.8 Å². The number of hydrogen-bond acceptors (Lipinski definition) is 3. The second kappa shape index (κ2) is 6.71. The fraction of sp³-hybridized carbons (Fsp3) is 0.611. The fourth-order valence-corrected chi connectivity index (χ4v) is 3.11. The molecule has 0 bridgehead atoms. The molecule has 21 heavy (non-hydrogen) atoms. The number of carbonyl (C=O) groups is 1. The monoisotopic (exact) mass is 289 g/mol. The van der Waals surface area contributed by atoms with Crippen LogP contribution in [0.2, 0.25) is 0 Å². The molecule has 1 aromatic rings. The molecule has 1 fully saturated rings. The lowest BCUT2D eigenvalue weighted by Crippen LogP contribution is -2.50. The SMILES string of the molecule is COC1CN(C(C)C(=O)c2cc(C)ccc2C)CCC1C. The highest BCUT2D eigenvalue weighted by atomic mass is 16.5. The van der Waals surface area contributed by atoms with Gasteiger partial charge in [-0.25, -0.2) is 0 Å². The van der Waals surface area contributed by atoms with Crippen molar-refractivity contribution in [2.45, 2.75) is 46.3 Å². The molecule has 3 heteroatoms. The van der Waals surface area contributed by atoms with E-state index < -0.39 is 0 Å². The molecule has 3 nitrogen and oxygen atoms in total. The van der Waals surface area contributed by atoms with Crippen molar-refractivity contribution in [3.8, 4) is 0 Å². The first-order chi connectivity index (χ1) is 9.93. The number of carbonyl (C=O) groups excluding carboxylic acids is 1. The third kappa shape index (κ3) is 3.53. The number of aryl methyl sites for hydroxylation is 2. The molecule has 1 aliphatic heterocycles. The van der Waals surface area contributed by atoms with Crippen LogP contribution in [0.4, 0.5) is 0 Å². The molecule has 2 rings (SSSR count). The van der Waals surface area contributed by atoms with E-state index in [1.54, 1.807) is 7.11 Å². The van der Waals surface area contributed by atoms with Crippen molar-refractivity contribution >= 4 is 5.78 Å². The molecule has 0 radical (unpaired) electrons. The van der Waals surface area contributed by atoms with Crippen molar-refractivity contribution in [1.29, 1.82) is 0 Å². The van der Waals surface area contributed by atoms with Gasteiger partial charge in [0.25, 0.3) is 0 Å². The van der Waals surface area contributed by atoms with Crippen LogP contribution in [0.3, 0.4) is 0 Å². The number of rotatable bonds is 4. The number of ether oxygens (including phenoxy) is 1. The first kappa shape index (κ1) is 16.2. The van der Waals surface area contributed by atoms with Gasteiger partial charge < -0.3 is 4.74 Å². The van der Waals surface area contributed by atoms with Crippen molar-refractivity contribution in [1.82, 2.24) is 4.90 Å². The lowest BCUT2D eigenvalue weighted by molar-refractivity contribution is -0.0139. The highest BCUT2D eigenvalue weighted by Gasteiger charge is 2.31. The summed E-state index contributed by atoms with van der Waals surface area (Å²) >= 11 is 0. The van der Waals surface area contributed by atoms with Gasteiger partial charge in [-0.2, -0.15) is 0 Å². The summed E-state index contributed by atoms with van der Waals surface area (Å²) in [7, 11) is 1.77. The van der Waals surface area contributed by atoms with Crippen LogP contribution in [0.15, 0.2) is 18.2 Å². The Morgan fingerprint density at radius 3 is 2.76 bits per heavy atom. The van der Waals surface area contributed by atoms with Crippen LogP contribution in [0.5, 0.6) is 0 Å². The van der Waals surface area contributed by atoms with E-state index >= 15 is 0 Å². The largest absolute Gasteiger partial charge is 0.380 e. The van der Waals surface area contributed by atoms with Crippen molar-refractivity contribution in [2.24, 2.45) is 5.92 Å². The van der Waals surface area contributed by atoms with E-state index in [1.807, 2.05) is 32.9 Å². The summed E-state index contributed by atoms with van der Waals surface area (Å²) in [5.74, 6) is 0.787. The van der Waals surface area contributed by atoms with Gasteiger partial charge in [0.1, 0.15) is 0 Å². The lowest BCUT2D eigenvalue weighted by atomic mass is 9.92. The molecular formula is C18H27NO2. The number of piperidine rings is 1. The van der Waals surface area contributed by atoms with Gasteiger partial charge >= 0.3 is 0 Å². The minimum absolute atomic E-state index is 0.0874. The highest BCUT2D eigenvalue weighted by Crippen LogP contribution is 2.23. The van der Waals surface area contributed by atoms with Crippen LogP contribution in [0.25, 0.3) is 0 Å². The second-order valence-corrected chi connectivity index (χ2v) is 6.39. The fourth-order valence-electron chi connectivity index (χ4n) is 3.11. The first-order valence-electron chi connectivity index (χ1n) is 7.82. The van der Waals surface area contributed by atoms with Gasteiger partial charge in [-0.3, -0.25) is 9.69 Å². The molecule has 1 saturated heterocycles. The van der Waals surface area contributed by atoms with Gasteiger partial charge in [0.2, 0.25) is 0 Å². The van der Waals surface area contributed by atoms with E-state index in [9.17, 15) is 4.79 Å². The topological polar surface area (TPSA) is 29.5 Å². The number of Topliss-reactive ketones (excluding diaryl/α,β-unsaturated/α-hetero) is 1. The number of benzene rings is 1. The van der Waals surface area contributed by atoms with Gasteiger partial charge in [-0.15, -0.1) is 0 Å². The maximum absolute atomic E-state index is 12.8. The summed E-state index contributed by atoms with van der Waals surface area (Å²) in [5.41, 5.74) is 3.05. The van der Waals surface area contributed by atoms with E-state index in [0.29, 0.717) is 5.92 Å². The first-order valence-corrected chi connectivity index (χ1v) is 7.82. The smallest absolute Gasteiger partial charge is 0.179 e. The summed E-state index contributed by atoms with van der Waals surface area (Å²) in [5, 5.41) is 0. The number of hydrogen-bond donors (Lipinski definition) is 0. The molecule has 3 unspecified atom stereocenters. The Balaban J connectivity index is 2.14. The van der Waals surface area contributed by atoms with Crippen molar-refractivity contribution in [2.75, 3.05) is 20.2 Å². The Hall–Kier alpha value is -1.19. The molecule has 3 atom stereocenters. The minimum Gasteiger partial charge on any atom is -0.380 e. The number of nitrogens with zero attached hydrogens (tertiary/aromatic N) is 1. The Kier molecular flexibility index (Phi) is 5.17. The van der Waals surface area contributed by atoms with Gasteiger partial charge in [0.15, 0.2) is 5.78 Å². The molecule has 116 valence electrons. The van der Waals surface area contributed by atoms with Crippen molar-refractivity contribution in [3.05, 3.63) is 34.9 Å². The number of likely N-dealkylation sites (tertiary alicyclic amines) is 1. The predicted molar refractivity (Wildman–Crippen MR) is 85.9 cm³/mol. The molecule has 0 aliphatic carbocycles. The summed E-state index contributed by atoms with van der Waals surface area (Å²) in [6.07, 6.45) is 1.32. The van der Waals surface area contributed by atoms with E-state index in [-0.39, 0.29) is 17.9 Å². The number of methoxy groups -OCH3 is 1. The van der Waals surface area contributed by atoms with E-state index in [4.69, 9.17) is 4.74 Å². The van der Waals surface area contributed by atoms with Crippen LogP contribution in [-0.4, -0.2) is 43.0 Å². The Morgan fingerprint density at radius 2 is 2.10 bits per heavy atom. The zero-order valence-electron chi connectivity index (χ0n) is 13.8. The zero-order chi connectivity index (χ0) is 15.6. The number of ketones is 1. The van der Waals surface area contributed by atoms with E-state index in [2.05, 4.69) is 17.9 Å². The molecule has 0 aromatic heterocycles. The standard InChI is InChI=1S/C18H27NO2/c1-12-6-7-13(2)16(10-12)18(20)15(4)19-9-8-14(3)17(11-19)21-5/h6-7,10,14-15,17H,8-9,11H2,1-5H3. The molecule has 0 saturated carbocycles. The van der Waals surface area contributed by atoms with Crippen LogP contribution in [-0.2, 0) is 4.74 Å². The minimum atomic E-state index is -0.0874. The average Bonchev–Trinajstić information content (AvgIpc) is 2.48. The van der Waals surface area contributed by atoms with E-state index in [1.165, 1.54) is 0 Å². The van der Waals surface area contributed by atoms with Gasteiger partial charge in [-0.1, -0.05) is 24.6 Å². The van der Waals surface area contributed by atoms with E-state index in [0.717, 1.165) is 36.2 Å². The molecule has 0 amide bonds. The molecule has 0 spiro atoms. The second-order valence-electron chi connectivity index (χ2n) is 6.39. The molecular weight excluding hydrogens is 262 g/mol. The van der Waals surface area contributed by atoms with Crippen LogP contribution in [0, 0.1) is 19.8 Å². The maximum Gasteiger partial charge on any atom is 0.179 e. The summed E-state index contributed by atoms with van der Waals surface area (Å²) in [6.45, 7) is 10.1. The normalized spacial score (nSPS) is 24.8. The Morgan fingerprint density at radius 1 is 1.38 bits per heavy atom. The quantitative estimate of drug-likeness (QED) is 0.797.